The standard InChI is InChI=1S/C17H21N3/c1-2-5-17(20-12-10-18-11-13-20)15-8-9-19-16-7-4-3-6-14(15)16/h2-4,6-9,17-18H,1,5,10-13H2/t17-/m1/s1. The molecule has 3 nitrogen and oxygen atoms in total. The number of benzene rings is 1. The molecule has 1 aromatic heterocycles. The van der Waals surface area contributed by atoms with Gasteiger partial charge in [-0.15, -0.1) is 6.58 Å². The maximum absolute atomic E-state index is 4.47. The van der Waals surface area contributed by atoms with E-state index in [1.54, 1.807) is 0 Å². The number of hydrogen-bond acceptors (Lipinski definition) is 3. The van der Waals surface area contributed by atoms with Crippen molar-refractivity contribution in [3.63, 3.8) is 0 Å². The van der Waals surface area contributed by atoms with Crippen LogP contribution in [-0.2, 0) is 0 Å². The molecule has 1 atom stereocenters. The Bertz CT molecular complexity index is 582. The number of aromatic nitrogens is 1. The molecular weight excluding hydrogens is 246 g/mol. The van der Waals surface area contributed by atoms with Gasteiger partial charge in [-0.3, -0.25) is 9.88 Å². The lowest BCUT2D eigenvalue weighted by Crippen LogP contribution is -2.45. The second-order valence-corrected chi connectivity index (χ2v) is 5.24. The lowest BCUT2D eigenvalue weighted by atomic mass is 9.97. The summed E-state index contributed by atoms with van der Waals surface area (Å²) in [6, 6.07) is 11.0. The van der Waals surface area contributed by atoms with E-state index < -0.39 is 0 Å². The van der Waals surface area contributed by atoms with Gasteiger partial charge >= 0.3 is 0 Å². The number of rotatable bonds is 4. The summed E-state index contributed by atoms with van der Waals surface area (Å²) < 4.78 is 0. The van der Waals surface area contributed by atoms with Gasteiger partial charge in [-0.1, -0.05) is 24.3 Å². The summed E-state index contributed by atoms with van der Waals surface area (Å²) in [5.41, 5.74) is 2.45. The van der Waals surface area contributed by atoms with Crippen LogP contribution in [0.15, 0.2) is 49.2 Å². The van der Waals surface area contributed by atoms with Crippen molar-refractivity contribution < 1.29 is 0 Å². The first-order valence-electron chi connectivity index (χ1n) is 7.29. The Morgan fingerprint density at radius 1 is 1.25 bits per heavy atom. The highest BCUT2D eigenvalue weighted by Crippen LogP contribution is 2.30. The molecule has 1 aromatic carbocycles. The van der Waals surface area contributed by atoms with Crippen LogP contribution in [0.25, 0.3) is 10.9 Å². The van der Waals surface area contributed by atoms with Gasteiger partial charge in [0.05, 0.1) is 5.52 Å². The minimum Gasteiger partial charge on any atom is -0.314 e. The third-order valence-electron chi connectivity index (χ3n) is 4.02. The summed E-state index contributed by atoms with van der Waals surface area (Å²) in [6.07, 6.45) is 4.94. The van der Waals surface area contributed by atoms with E-state index in [1.807, 2.05) is 18.3 Å². The third-order valence-corrected chi connectivity index (χ3v) is 4.02. The molecule has 20 heavy (non-hydrogen) atoms. The molecule has 1 aliphatic heterocycles. The molecule has 0 amide bonds. The van der Waals surface area contributed by atoms with Crippen LogP contribution in [-0.4, -0.2) is 36.1 Å². The number of nitrogens with one attached hydrogen (secondary N) is 1. The minimum absolute atomic E-state index is 0.405. The molecule has 0 unspecified atom stereocenters. The van der Waals surface area contributed by atoms with Crippen molar-refractivity contribution in [2.45, 2.75) is 12.5 Å². The summed E-state index contributed by atoms with van der Waals surface area (Å²) >= 11 is 0. The van der Waals surface area contributed by atoms with Gasteiger partial charge in [-0.25, -0.2) is 0 Å². The van der Waals surface area contributed by atoms with Crippen LogP contribution in [0.5, 0.6) is 0 Å². The van der Waals surface area contributed by atoms with Gasteiger partial charge in [-0.2, -0.15) is 0 Å². The Morgan fingerprint density at radius 2 is 2.05 bits per heavy atom. The first-order valence-corrected chi connectivity index (χ1v) is 7.29. The Hall–Kier alpha value is -1.71. The predicted molar refractivity (Wildman–Crippen MR) is 83.7 cm³/mol. The van der Waals surface area contributed by atoms with E-state index >= 15 is 0 Å². The molecule has 0 bridgehead atoms. The van der Waals surface area contributed by atoms with Gasteiger partial charge in [0.15, 0.2) is 0 Å². The first kappa shape index (κ1) is 13.3. The van der Waals surface area contributed by atoms with E-state index in [4.69, 9.17) is 0 Å². The monoisotopic (exact) mass is 267 g/mol. The van der Waals surface area contributed by atoms with E-state index in [1.165, 1.54) is 10.9 Å². The van der Waals surface area contributed by atoms with E-state index in [2.05, 4.69) is 46.0 Å². The van der Waals surface area contributed by atoms with Crippen molar-refractivity contribution in [3.05, 3.63) is 54.7 Å². The smallest absolute Gasteiger partial charge is 0.0705 e. The highest BCUT2D eigenvalue weighted by atomic mass is 15.2. The predicted octanol–water partition coefficient (Wildman–Crippen LogP) is 2.76. The van der Waals surface area contributed by atoms with Crippen LogP contribution in [0, 0.1) is 0 Å². The zero-order chi connectivity index (χ0) is 13.8. The van der Waals surface area contributed by atoms with E-state index in [0.717, 1.165) is 38.1 Å². The molecule has 1 saturated heterocycles. The van der Waals surface area contributed by atoms with Crippen LogP contribution in [0.2, 0.25) is 0 Å². The first-order chi connectivity index (χ1) is 9.90. The van der Waals surface area contributed by atoms with Crippen molar-refractivity contribution in [2.75, 3.05) is 26.2 Å². The quantitative estimate of drug-likeness (QED) is 0.863. The van der Waals surface area contributed by atoms with E-state index in [0.29, 0.717) is 6.04 Å². The molecule has 1 fully saturated rings. The molecular formula is C17H21N3. The highest BCUT2D eigenvalue weighted by Gasteiger charge is 2.22. The fourth-order valence-electron chi connectivity index (χ4n) is 3.03. The molecule has 2 aromatic rings. The van der Waals surface area contributed by atoms with Gasteiger partial charge < -0.3 is 5.32 Å². The van der Waals surface area contributed by atoms with Crippen LogP contribution in [0.1, 0.15) is 18.0 Å². The van der Waals surface area contributed by atoms with Gasteiger partial charge in [0.2, 0.25) is 0 Å². The molecule has 0 aliphatic carbocycles. The SMILES string of the molecule is C=CC[C@H](c1ccnc2ccccc12)N1CCNCC1. The number of nitrogens with zero attached hydrogens (tertiary/aromatic N) is 2. The van der Waals surface area contributed by atoms with Crippen LogP contribution < -0.4 is 5.32 Å². The van der Waals surface area contributed by atoms with Crippen molar-refractivity contribution in [1.82, 2.24) is 15.2 Å². The Morgan fingerprint density at radius 3 is 2.85 bits per heavy atom. The van der Waals surface area contributed by atoms with Crippen molar-refractivity contribution in [1.29, 1.82) is 0 Å². The maximum Gasteiger partial charge on any atom is 0.0705 e. The van der Waals surface area contributed by atoms with Gasteiger partial charge in [0.25, 0.3) is 0 Å². The zero-order valence-corrected chi connectivity index (χ0v) is 11.8. The third kappa shape index (κ3) is 2.60. The molecule has 3 heteroatoms. The average molecular weight is 267 g/mol. The lowest BCUT2D eigenvalue weighted by Gasteiger charge is -2.35. The molecule has 1 N–H and O–H groups in total. The van der Waals surface area contributed by atoms with Gasteiger partial charge in [0, 0.05) is 43.8 Å². The summed E-state index contributed by atoms with van der Waals surface area (Å²) in [5.74, 6) is 0. The van der Waals surface area contributed by atoms with Crippen molar-refractivity contribution in [2.24, 2.45) is 0 Å². The maximum atomic E-state index is 4.47. The van der Waals surface area contributed by atoms with Gasteiger partial charge in [0.1, 0.15) is 0 Å². The topological polar surface area (TPSA) is 28.2 Å². The second-order valence-electron chi connectivity index (χ2n) is 5.24. The molecule has 0 radical (unpaired) electrons. The molecule has 104 valence electrons. The normalized spacial score (nSPS) is 18.0. The number of para-hydroxylation sites is 1. The summed E-state index contributed by atoms with van der Waals surface area (Å²) in [4.78, 5) is 7.03. The number of piperazine rings is 1. The van der Waals surface area contributed by atoms with Crippen molar-refractivity contribution in [3.8, 4) is 0 Å². The van der Waals surface area contributed by atoms with Crippen LogP contribution in [0.3, 0.4) is 0 Å². The number of fused-ring (bicyclic) bond motifs is 1. The minimum atomic E-state index is 0.405. The fraction of sp³-hybridized carbons (Fsp3) is 0.353. The Balaban J connectivity index is 2.02. The Kier molecular flexibility index (Phi) is 4.09. The van der Waals surface area contributed by atoms with E-state index in [9.17, 15) is 0 Å². The van der Waals surface area contributed by atoms with Crippen molar-refractivity contribution >= 4 is 10.9 Å². The molecule has 0 spiro atoms. The Labute approximate surface area is 120 Å². The van der Waals surface area contributed by atoms with Crippen LogP contribution >= 0.6 is 0 Å². The van der Waals surface area contributed by atoms with E-state index in [-0.39, 0.29) is 0 Å². The summed E-state index contributed by atoms with van der Waals surface area (Å²) in [5, 5.41) is 4.68. The molecule has 2 heterocycles. The molecule has 1 aliphatic rings. The second kappa shape index (κ2) is 6.16. The molecule has 0 saturated carbocycles. The average Bonchev–Trinajstić information content (AvgIpc) is 2.53. The summed E-state index contributed by atoms with van der Waals surface area (Å²) in [6.45, 7) is 8.26. The number of pyridine rings is 1. The summed E-state index contributed by atoms with van der Waals surface area (Å²) in [7, 11) is 0. The van der Waals surface area contributed by atoms with Gasteiger partial charge in [-0.05, 0) is 24.1 Å². The zero-order valence-electron chi connectivity index (χ0n) is 11.8. The fourth-order valence-corrected chi connectivity index (χ4v) is 3.03. The molecule has 3 rings (SSSR count). The highest BCUT2D eigenvalue weighted by molar-refractivity contribution is 5.82. The number of hydrogen-bond donors (Lipinski definition) is 1. The largest absolute Gasteiger partial charge is 0.314 e. The van der Waals surface area contributed by atoms with Crippen LogP contribution in [0.4, 0.5) is 0 Å². The lowest BCUT2D eigenvalue weighted by molar-refractivity contribution is 0.175.